The molecule has 0 aromatic carbocycles. The number of nitrogens with one attached hydrogen (secondary N) is 2. The van der Waals surface area contributed by atoms with E-state index in [-0.39, 0.29) is 43.9 Å². The zero-order chi connectivity index (χ0) is 43.8. The largest absolute Gasteiger partial charge is 2.00 e. The number of allylic oxidation sites excluding steroid dienone is 1. The molecule has 0 fully saturated rings. The molecule has 0 aliphatic heterocycles. The average Bonchev–Trinajstić information content (AvgIpc) is 3.72. The van der Waals surface area contributed by atoms with Crippen LogP contribution < -0.4 is 4.74 Å². The van der Waals surface area contributed by atoms with E-state index in [1.54, 1.807) is 47.7 Å². The second kappa shape index (κ2) is 27.1. The summed E-state index contributed by atoms with van der Waals surface area (Å²) in [5, 5.41) is 17.5. The molecule has 0 unspecified atom stereocenters. The molecule has 5 aromatic heterocycles. The van der Waals surface area contributed by atoms with Crippen LogP contribution in [0, 0.1) is 29.5 Å². The van der Waals surface area contributed by atoms with E-state index in [0.29, 0.717) is 46.5 Å². The summed E-state index contributed by atoms with van der Waals surface area (Å²) in [4.78, 5) is 49.4. The van der Waals surface area contributed by atoms with Gasteiger partial charge in [-0.15, -0.1) is 17.0 Å². The van der Waals surface area contributed by atoms with Gasteiger partial charge in [0.1, 0.15) is 23.7 Å². The number of alkyl halides is 3. The molecule has 13 nitrogen and oxygen atoms in total. The quantitative estimate of drug-likeness (QED) is 0.0278. The molecule has 19 heteroatoms. The summed E-state index contributed by atoms with van der Waals surface area (Å²) >= 11 is 5.27. The standard InChI is InChI=1S/C22H11N3O6.C19H21F3N3S.CNS.Ru/c26-13-29-7-3-16-1-5-23-19(9-16)21-11-18(31-15-28)12-22(25-21)20-10-17(2-6-24-20)4-8-30-14-27;1-2-3-4-5-6-13-8-10-26-18(13)14-7-9-25-16(11-14)15(23)12-17(24)19(20,21)22;2-1-3;/h1-2,5-6,9-15H;7-12,23-24H,2-6H2,1H3;;/q;2*-1;+2/b;15-12-,24-17?;;. The van der Waals surface area contributed by atoms with Crippen LogP contribution >= 0.6 is 23.6 Å². The summed E-state index contributed by atoms with van der Waals surface area (Å²) in [6.07, 6.45) is 10.3. The van der Waals surface area contributed by atoms with Crippen molar-refractivity contribution < 1.29 is 61.2 Å². The molecule has 0 bridgehead atoms. The number of unbranched alkanes of at least 4 members (excludes halogenated alkanes) is 3. The van der Waals surface area contributed by atoms with Gasteiger partial charge in [0.2, 0.25) is 0 Å². The zero-order valence-electron chi connectivity index (χ0n) is 31.8. The molecule has 5 heterocycles. The molecule has 312 valence electrons. The molecule has 5 aromatic rings. The first kappa shape index (κ1) is 50.4. The van der Waals surface area contributed by atoms with Gasteiger partial charge < -0.3 is 25.4 Å². The fourth-order valence-electron chi connectivity index (χ4n) is 4.96. The minimum Gasteiger partial charge on any atom is -0.753 e. The van der Waals surface area contributed by atoms with E-state index < -0.39 is 17.6 Å². The van der Waals surface area contributed by atoms with Crippen molar-refractivity contribution in [3.63, 3.8) is 0 Å². The molecule has 0 spiro atoms. The van der Waals surface area contributed by atoms with E-state index in [0.717, 1.165) is 23.3 Å². The number of thiophene rings is 1. The number of isothiocyanates is 1. The van der Waals surface area contributed by atoms with Crippen molar-refractivity contribution in [3.8, 4) is 63.0 Å². The third kappa shape index (κ3) is 17.2. The Bertz CT molecular complexity index is 2380. The number of halogens is 3. The van der Waals surface area contributed by atoms with Gasteiger partial charge in [-0.2, -0.15) is 18.3 Å². The summed E-state index contributed by atoms with van der Waals surface area (Å²) in [5.41, 5.74) is 10.7. The summed E-state index contributed by atoms with van der Waals surface area (Å²) in [6, 6.07) is 15.1. The van der Waals surface area contributed by atoms with Crippen molar-refractivity contribution in [1.29, 1.82) is 5.41 Å². The predicted molar refractivity (Wildman–Crippen MR) is 223 cm³/mol. The maximum Gasteiger partial charge on any atom is 2.00 e. The van der Waals surface area contributed by atoms with Crippen LogP contribution in [0.4, 0.5) is 13.2 Å². The molecule has 0 radical (unpaired) electrons. The van der Waals surface area contributed by atoms with Crippen LogP contribution in [0.3, 0.4) is 0 Å². The van der Waals surface area contributed by atoms with E-state index in [1.807, 2.05) is 5.38 Å². The van der Waals surface area contributed by atoms with Crippen LogP contribution in [-0.4, -0.2) is 56.4 Å². The van der Waals surface area contributed by atoms with Gasteiger partial charge in [-0.05, 0) is 89.7 Å². The number of nitrogens with zero attached hydrogens (tertiary/aromatic N) is 5. The van der Waals surface area contributed by atoms with Gasteiger partial charge in [-0.3, -0.25) is 34.7 Å². The third-order valence-electron chi connectivity index (χ3n) is 7.57. The topological polar surface area (TPSA) is 200 Å². The molecule has 0 atom stereocenters. The molecule has 61 heavy (non-hydrogen) atoms. The second-order valence-electron chi connectivity index (χ2n) is 11.6. The molecule has 0 saturated carbocycles. The van der Waals surface area contributed by atoms with Crippen molar-refractivity contribution in [2.75, 3.05) is 0 Å². The fraction of sp³-hybridized carbons (Fsp3) is 0.167. The Balaban J connectivity index is 0.000000394. The van der Waals surface area contributed by atoms with Crippen LogP contribution in [0.25, 0.3) is 50.1 Å². The van der Waals surface area contributed by atoms with Crippen LogP contribution in [0.2, 0.25) is 0 Å². The number of pyridine rings is 4. The fourth-order valence-corrected chi connectivity index (χ4v) is 5.91. The van der Waals surface area contributed by atoms with Crippen molar-refractivity contribution in [2.24, 2.45) is 0 Å². The summed E-state index contributed by atoms with van der Waals surface area (Å²) in [7, 11) is 0. The first-order valence-electron chi connectivity index (χ1n) is 17.4. The maximum absolute atomic E-state index is 12.5. The van der Waals surface area contributed by atoms with Crippen LogP contribution in [0.5, 0.6) is 5.75 Å². The number of hydrogen-bond acceptors (Lipinski definition) is 13. The SMILES string of the molecule is CCCCCCc1ccsc1-c1ccnc(/C([NH-])=C/C(=N)C(F)(F)F)c1.O=COC#Cc1ccnc(-c2cc(OC=O)cc(-c3cc(C#COC=O)ccn3)n2)c1.[N-]=C=S.[Ru+2]. The van der Waals surface area contributed by atoms with Gasteiger partial charge in [0.05, 0.1) is 22.8 Å². The monoisotopic (exact) mass is 953 g/mol. The summed E-state index contributed by atoms with van der Waals surface area (Å²) in [5.74, 6) is 5.52. The van der Waals surface area contributed by atoms with Crippen molar-refractivity contribution in [3.05, 3.63) is 118 Å². The molecular formula is C42H32F3N7O6RuS2. The number of rotatable bonds is 14. The number of ether oxygens (including phenoxy) is 3. The molecule has 2 N–H and O–H groups in total. The molecular weight excluding hydrogens is 921 g/mol. The third-order valence-corrected chi connectivity index (χ3v) is 8.58. The van der Waals surface area contributed by atoms with Gasteiger partial charge >= 0.3 is 38.6 Å². The smallest absolute Gasteiger partial charge is 0.753 e. The minimum absolute atomic E-state index is 0. The van der Waals surface area contributed by atoms with Gasteiger partial charge in [-0.1, -0.05) is 38.4 Å². The van der Waals surface area contributed by atoms with Gasteiger partial charge in [0.25, 0.3) is 6.47 Å². The van der Waals surface area contributed by atoms with E-state index >= 15 is 0 Å². The van der Waals surface area contributed by atoms with E-state index in [4.69, 9.17) is 21.3 Å². The molecule has 5 rings (SSSR count). The maximum atomic E-state index is 12.5. The van der Waals surface area contributed by atoms with Crippen LogP contribution in [0.15, 0.2) is 84.6 Å². The van der Waals surface area contributed by atoms with E-state index in [2.05, 4.69) is 78.7 Å². The van der Waals surface area contributed by atoms with Crippen molar-refractivity contribution >= 4 is 59.5 Å². The predicted octanol–water partition coefficient (Wildman–Crippen LogP) is 9.27. The van der Waals surface area contributed by atoms with E-state index in [1.165, 1.54) is 60.7 Å². The Labute approximate surface area is 370 Å². The summed E-state index contributed by atoms with van der Waals surface area (Å²) in [6.45, 7) is 2.90. The second-order valence-corrected chi connectivity index (χ2v) is 12.7. The Morgan fingerprint density at radius 1 is 0.852 bits per heavy atom. The number of aryl methyl sites for hydroxylation is 1. The van der Waals surface area contributed by atoms with Gasteiger partial charge in [-0.25, -0.2) is 4.98 Å². The first-order chi connectivity index (χ1) is 29.0. The molecule has 0 amide bonds. The molecule has 0 aliphatic rings. The molecule has 0 saturated heterocycles. The van der Waals surface area contributed by atoms with Crippen LogP contribution in [0.1, 0.15) is 55.0 Å². The molecule has 0 aliphatic carbocycles. The number of thiocarbonyl (C=S) groups is 1. The number of carbonyl (C=O) groups is 3. The number of carbonyl (C=O) groups excluding carboxylic acids is 3. The average molecular weight is 953 g/mol. The zero-order valence-corrected chi connectivity index (χ0v) is 35.2. The Morgan fingerprint density at radius 3 is 1.95 bits per heavy atom. The Kier molecular flexibility index (Phi) is 22.4. The van der Waals surface area contributed by atoms with Crippen molar-refractivity contribution in [1.82, 2.24) is 19.9 Å². The van der Waals surface area contributed by atoms with Gasteiger partial charge in [0, 0.05) is 52.4 Å². The Morgan fingerprint density at radius 2 is 1.43 bits per heavy atom. The first-order valence-corrected chi connectivity index (χ1v) is 18.7. The van der Waals surface area contributed by atoms with Crippen LogP contribution in [-0.2, 0) is 49.8 Å². The number of hydrogen-bond donors (Lipinski definition) is 1. The van der Waals surface area contributed by atoms with Crippen molar-refractivity contribution in [2.45, 2.75) is 45.2 Å². The normalized spacial score (nSPS) is 10.1. The Hall–Kier alpha value is -6.75. The summed E-state index contributed by atoms with van der Waals surface area (Å²) < 4.78 is 51.2. The van der Waals surface area contributed by atoms with E-state index in [9.17, 15) is 27.6 Å². The number of aromatic nitrogens is 4. The van der Waals surface area contributed by atoms with Gasteiger partial charge in [0.15, 0.2) is 0 Å². The minimum atomic E-state index is -4.76.